The van der Waals surface area contributed by atoms with Crippen LogP contribution in [0.5, 0.6) is 0 Å². The monoisotopic (exact) mass is 261 g/mol. The van der Waals surface area contributed by atoms with Crippen LogP contribution in [0.2, 0.25) is 0 Å². The molecule has 0 spiro atoms. The Morgan fingerprint density at radius 2 is 1.89 bits per heavy atom. The molecule has 0 saturated carbocycles. The molecular formula is C15H20FN3. The fourth-order valence-electron chi connectivity index (χ4n) is 2.12. The first kappa shape index (κ1) is 13.7. The van der Waals surface area contributed by atoms with Gasteiger partial charge in [0.05, 0.1) is 5.69 Å². The van der Waals surface area contributed by atoms with Crippen LogP contribution in [0.25, 0.3) is 0 Å². The fourth-order valence-corrected chi connectivity index (χ4v) is 2.12. The van der Waals surface area contributed by atoms with Crippen molar-refractivity contribution in [2.75, 3.05) is 0 Å². The van der Waals surface area contributed by atoms with Crippen molar-refractivity contribution in [1.82, 2.24) is 15.1 Å². The number of halogens is 1. The Kier molecular flexibility index (Phi) is 4.32. The minimum atomic E-state index is -0.196. The van der Waals surface area contributed by atoms with Crippen molar-refractivity contribution in [1.29, 1.82) is 0 Å². The highest BCUT2D eigenvalue weighted by molar-refractivity contribution is 5.20. The fraction of sp³-hybridized carbons (Fsp3) is 0.400. The molecule has 2 rings (SSSR count). The first-order valence-corrected chi connectivity index (χ1v) is 6.54. The number of hydrogen-bond acceptors (Lipinski definition) is 2. The average molecular weight is 261 g/mol. The van der Waals surface area contributed by atoms with E-state index in [0.717, 1.165) is 24.3 Å². The maximum atomic E-state index is 12.8. The molecule has 1 N–H and O–H groups in total. The Bertz CT molecular complexity index is 529. The lowest BCUT2D eigenvalue weighted by molar-refractivity contribution is 0.624. The number of nitrogens with one attached hydrogen (secondary N) is 1. The first-order chi connectivity index (χ1) is 9.06. The highest BCUT2D eigenvalue weighted by Gasteiger charge is 2.10. The van der Waals surface area contributed by atoms with Crippen molar-refractivity contribution >= 4 is 0 Å². The average Bonchev–Trinajstić information content (AvgIpc) is 2.73. The minimum absolute atomic E-state index is 0.196. The van der Waals surface area contributed by atoms with E-state index >= 15 is 0 Å². The summed E-state index contributed by atoms with van der Waals surface area (Å²) >= 11 is 0. The molecule has 0 fully saturated rings. The van der Waals surface area contributed by atoms with Gasteiger partial charge < -0.3 is 5.32 Å². The third-order valence-electron chi connectivity index (χ3n) is 3.04. The van der Waals surface area contributed by atoms with Crippen LogP contribution < -0.4 is 5.32 Å². The van der Waals surface area contributed by atoms with Crippen molar-refractivity contribution in [2.24, 2.45) is 7.05 Å². The van der Waals surface area contributed by atoms with Gasteiger partial charge in [0.15, 0.2) is 0 Å². The molecule has 0 aliphatic carbocycles. The maximum Gasteiger partial charge on any atom is 0.123 e. The standard InChI is InChI=1S/C15H20FN3/c1-11(2)15-13(10-19(3)18-15)9-17-8-12-4-6-14(16)7-5-12/h4-7,10-11,17H,8-9H2,1-3H3. The Morgan fingerprint density at radius 1 is 1.21 bits per heavy atom. The molecule has 1 heterocycles. The molecule has 0 saturated heterocycles. The summed E-state index contributed by atoms with van der Waals surface area (Å²) in [5.74, 6) is 0.224. The van der Waals surface area contributed by atoms with E-state index in [1.165, 1.54) is 17.7 Å². The summed E-state index contributed by atoms with van der Waals surface area (Å²) < 4.78 is 14.6. The molecule has 19 heavy (non-hydrogen) atoms. The normalized spacial score (nSPS) is 11.2. The van der Waals surface area contributed by atoms with Crippen LogP contribution in [-0.4, -0.2) is 9.78 Å². The van der Waals surface area contributed by atoms with Gasteiger partial charge in [-0.2, -0.15) is 5.10 Å². The molecule has 1 aromatic heterocycles. The summed E-state index contributed by atoms with van der Waals surface area (Å²) in [6, 6.07) is 6.57. The van der Waals surface area contributed by atoms with E-state index in [1.54, 1.807) is 12.1 Å². The Hall–Kier alpha value is -1.68. The first-order valence-electron chi connectivity index (χ1n) is 6.54. The lowest BCUT2D eigenvalue weighted by Crippen LogP contribution is -2.13. The lowest BCUT2D eigenvalue weighted by atomic mass is 10.1. The predicted molar refractivity (Wildman–Crippen MR) is 74.2 cm³/mol. The van der Waals surface area contributed by atoms with Crippen LogP contribution in [0, 0.1) is 5.82 Å². The maximum absolute atomic E-state index is 12.8. The van der Waals surface area contributed by atoms with Crippen LogP contribution in [0.15, 0.2) is 30.5 Å². The van der Waals surface area contributed by atoms with Gasteiger partial charge in [-0.25, -0.2) is 4.39 Å². The largest absolute Gasteiger partial charge is 0.308 e. The zero-order chi connectivity index (χ0) is 13.8. The SMILES string of the molecule is CC(C)c1nn(C)cc1CNCc1ccc(F)cc1. The molecule has 102 valence electrons. The summed E-state index contributed by atoms with van der Waals surface area (Å²) in [4.78, 5) is 0. The van der Waals surface area contributed by atoms with E-state index in [9.17, 15) is 4.39 Å². The molecule has 1 aromatic carbocycles. The topological polar surface area (TPSA) is 29.9 Å². The Morgan fingerprint density at radius 3 is 2.53 bits per heavy atom. The molecule has 2 aromatic rings. The van der Waals surface area contributed by atoms with Crippen molar-refractivity contribution < 1.29 is 4.39 Å². The van der Waals surface area contributed by atoms with Crippen molar-refractivity contribution in [3.05, 3.63) is 53.1 Å². The second-order valence-electron chi connectivity index (χ2n) is 5.10. The van der Waals surface area contributed by atoms with Gasteiger partial charge in [0.25, 0.3) is 0 Å². The van der Waals surface area contributed by atoms with Crippen molar-refractivity contribution in [3.63, 3.8) is 0 Å². The molecule has 0 atom stereocenters. The molecule has 0 unspecified atom stereocenters. The van der Waals surface area contributed by atoms with Gasteiger partial charge in [-0.05, 0) is 23.6 Å². The smallest absolute Gasteiger partial charge is 0.123 e. The third-order valence-corrected chi connectivity index (χ3v) is 3.04. The van der Waals surface area contributed by atoms with Gasteiger partial charge in [-0.15, -0.1) is 0 Å². The third kappa shape index (κ3) is 3.64. The van der Waals surface area contributed by atoms with Gasteiger partial charge in [0.2, 0.25) is 0 Å². The van der Waals surface area contributed by atoms with Crippen LogP contribution in [0.4, 0.5) is 4.39 Å². The molecule has 4 heteroatoms. The number of aromatic nitrogens is 2. The molecule has 3 nitrogen and oxygen atoms in total. The zero-order valence-corrected chi connectivity index (χ0v) is 11.7. The predicted octanol–water partition coefficient (Wildman–Crippen LogP) is 2.97. The molecule has 0 aliphatic rings. The van der Waals surface area contributed by atoms with E-state index < -0.39 is 0 Å². The summed E-state index contributed by atoms with van der Waals surface area (Å²) in [7, 11) is 1.94. The van der Waals surface area contributed by atoms with Gasteiger partial charge in [0, 0.05) is 31.9 Å². The molecule has 0 amide bonds. The van der Waals surface area contributed by atoms with E-state index in [4.69, 9.17) is 0 Å². The highest BCUT2D eigenvalue weighted by Crippen LogP contribution is 2.17. The molecule has 0 bridgehead atoms. The number of rotatable bonds is 5. The van der Waals surface area contributed by atoms with Crippen molar-refractivity contribution in [3.8, 4) is 0 Å². The summed E-state index contributed by atoms with van der Waals surface area (Å²) in [5.41, 5.74) is 3.44. The van der Waals surface area contributed by atoms with Gasteiger partial charge in [-0.3, -0.25) is 4.68 Å². The van der Waals surface area contributed by atoms with Crippen LogP contribution in [-0.2, 0) is 20.1 Å². The van der Waals surface area contributed by atoms with Crippen LogP contribution in [0.3, 0.4) is 0 Å². The highest BCUT2D eigenvalue weighted by atomic mass is 19.1. The number of nitrogens with zero attached hydrogens (tertiary/aromatic N) is 2. The van der Waals surface area contributed by atoms with Gasteiger partial charge in [-0.1, -0.05) is 26.0 Å². The van der Waals surface area contributed by atoms with Crippen molar-refractivity contribution in [2.45, 2.75) is 32.9 Å². The lowest BCUT2D eigenvalue weighted by Gasteiger charge is -2.07. The molecular weight excluding hydrogens is 241 g/mol. The van der Waals surface area contributed by atoms with Crippen LogP contribution in [0.1, 0.15) is 36.6 Å². The van der Waals surface area contributed by atoms with E-state index in [0.29, 0.717) is 5.92 Å². The number of hydrogen-bond donors (Lipinski definition) is 1. The Labute approximate surface area is 113 Å². The quantitative estimate of drug-likeness (QED) is 0.896. The summed E-state index contributed by atoms with van der Waals surface area (Å²) in [6.07, 6.45) is 2.05. The molecule has 0 radical (unpaired) electrons. The van der Waals surface area contributed by atoms with Gasteiger partial charge >= 0.3 is 0 Å². The van der Waals surface area contributed by atoms with E-state index in [2.05, 4.69) is 24.3 Å². The summed E-state index contributed by atoms with van der Waals surface area (Å²) in [5, 5.41) is 7.84. The Balaban J connectivity index is 1.94. The second kappa shape index (κ2) is 5.97. The number of aryl methyl sites for hydroxylation is 1. The van der Waals surface area contributed by atoms with E-state index in [-0.39, 0.29) is 5.82 Å². The minimum Gasteiger partial charge on any atom is -0.308 e. The number of benzene rings is 1. The zero-order valence-electron chi connectivity index (χ0n) is 11.7. The summed E-state index contributed by atoms with van der Waals surface area (Å²) in [6.45, 7) is 5.79. The van der Waals surface area contributed by atoms with Gasteiger partial charge in [0.1, 0.15) is 5.82 Å². The molecule has 0 aliphatic heterocycles. The second-order valence-corrected chi connectivity index (χ2v) is 5.10. The van der Waals surface area contributed by atoms with E-state index in [1.807, 2.05) is 17.9 Å². The van der Waals surface area contributed by atoms with Crippen LogP contribution >= 0.6 is 0 Å².